The van der Waals surface area contributed by atoms with Gasteiger partial charge in [-0.3, -0.25) is 9.48 Å². The third-order valence-electron chi connectivity index (χ3n) is 3.74. The summed E-state index contributed by atoms with van der Waals surface area (Å²) in [7, 11) is 1.92. The van der Waals surface area contributed by atoms with Crippen molar-refractivity contribution in [3.05, 3.63) is 39.8 Å². The molecular formula is C15H19N3O2S. The molecule has 2 aromatic rings. The van der Waals surface area contributed by atoms with Crippen LogP contribution in [0.15, 0.2) is 23.0 Å². The van der Waals surface area contributed by atoms with Crippen LogP contribution in [0.1, 0.15) is 34.5 Å². The van der Waals surface area contributed by atoms with E-state index in [4.69, 9.17) is 4.74 Å². The smallest absolute Gasteiger partial charge is 0.255 e. The van der Waals surface area contributed by atoms with E-state index in [2.05, 4.69) is 5.10 Å². The van der Waals surface area contributed by atoms with E-state index in [-0.39, 0.29) is 11.8 Å². The maximum absolute atomic E-state index is 12.6. The zero-order chi connectivity index (χ0) is 14.8. The second-order valence-corrected chi connectivity index (χ2v) is 6.04. The number of nitrogens with zero attached hydrogens (tertiary/aromatic N) is 3. The highest BCUT2D eigenvalue weighted by molar-refractivity contribution is 7.08. The normalized spacial score (nSPS) is 17.8. The van der Waals surface area contributed by atoms with Gasteiger partial charge in [-0.15, -0.1) is 0 Å². The molecule has 0 N–H and O–H groups in total. The Balaban J connectivity index is 1.84. The highest BCUT2D eigenvalue weighted by atomic mass is 32.1. The summed E-state index contributed by atoms with van der Waals surface area (Å²) in [6, 6.07) is 1.87. The zero-order valence-corrected chi connectivity index (χ0v) is 13.1. The average Bonchev–Trinajstić information content (AvgIpc) is 3.11. The summed E-state index contributed by atoms with van der Waals surface area (Å²) in [6.45, 7) is 4.56. The van der Waals surface area contributed by atoms with Crippen LogP contribution in [0.5, 0.6) is 0 Å². The quantitative estimate of drug-likeness (QED) is 0.870. The summed E-state index contributed by atoms with van der Waals surface area (Å²) in [6.07, 6.45) is 2.05. The molecule has 0 spiro atoms. The molecule has 6 heteroatoms. The van der Waals surface area contributed by atoms with E-state index >= 15 is 0 Å². The molecule has 0 bridgehead atoms. The van der Waals surface area contributed by atoms with Gasteiger partial charge in [-0.25, -0.2) is 0 Å². The Hall–Kier alpha value is -1.66. The lowest BCUT2D eigenvalue weighted by Gasteiger charge is -2.31. The van der Waals surface area contributed by atoms with Crippen molar-refractivity contribution in [3.63, 3.8) is 0 Å². The maximum Gasteiger partial charge on any atom is 0.255 e. The van der Waals surface area contributed by atoms with Crippen molar-refractivity contribution < 1.29 is 9.53 Å². The third-order valence-corrected chi connectivity index (χ3v) is 4.42. The highest BCUT2D eigenvalue weighted by Gasteiger charge is 2.31. The lowest BCUT2D eigenvalue weighted by Crippen LogP contribution is -2.39. The number of aryl methyl sites for hydroxylation is 1. The van der Waals surface area contributed by atoms with E-state index in [0.717, 1.165) is 11.3 Å². The Bertz CT molecular complexity index is 621. The van der Waals surface area contributed by atoms with Gasteiger partial charge in [-0.1, -0.05) is 0 Å². The molecule has 0 fully saturated rings. The molecule has 5 nitrogen and oxygen atoms in total. The fraction of sp³-hybridized carbons (Fsp3) is 0.467. The van der Waals surface area contributed by atoms with E-state index in [1.807, 2.05) is 46.6 Å². The second-order valence-electron chi connectivity index (χ2n) is 5.26. The number of amides is 1. The molecule has 1 unspecified atom stereocenters. The topological polar surface area (TPSA) is 47.4 Å². The Morgan fingerprint density at radius 2 is 2.43 bits per heavy atom. The number of thiophene rings is 1. The number of ether oxygens (including phenoxy) is 1. The summed E-state index contributed by atoms with van der Waals surface area (Å²) < 4.78 is 7.41. The van der Waals surface area contributed by atoms with Crippen LogP contribution in [0.4, 0.5) is 0 Å². The SMILES string of the molecule is CCOCC1CN(C(=O)c2ccsc2)Cc2nn(C)cc21. The van der Waals surface area contributed by atoms with Crippen molar-refractivity contribution in [2.75, 3.05) is 19.8 Å². The lowest BCUT2D eigenvalue weighted by molar-refractivity contribution is 0.0652. The zero-order valence-electron chi connectivity index (χ0n) is 12.3. The molecule has 21 heavy (non-hydrogen) atoms. The van der Waals surface area contributed by atoms with Gasteiger partial charge < -0.3 is 9.64 Å². The van der Waals surface area contributed by atoms with Gasteiger partial charge >= 0.3 is 0 Å². The molecule has 0 saturated heterocycles. The van der Waals surface area contributed by atoms with E-state index in [1.54, 1.807) is 11.3 Å². The van der Waals surface area contributed by atoms with Crippen LogP contribution in [-0.2, 0) is 18.3 Å². The molecule has 0 aliphatic carbocycles. The average molecular weight is 305 g/mol. The molecule has 3 heterocycles. The van der Waals surface area contributed by atoms with Crippen molar-refractivity contribution in [1.82, 2.24) is 14.7 Å². The summed E-state index contributed by atoms with van der Waals surface area (Å²) in [5, 5.41) is 8.32. The standard InChI is InChI=1S/C15H19N3O2S/c1-3-20-9-12-6-18(15(19)11-4-5-21-10-11)8-14-13(12)7-17(2)16-14/h4-5,7,10,12H,3,6,8-9H2,1-2H3. The number of fused-ring (bicyclic) bond motifs is 1. The molecule has 3 rings (SSSR count). The van der Waals surface area contributed by atoms with Crippen LogP contribution in [-0.4, -0.2) is 40.3 Å². The Kier molecular flexibility index (Phi) is 4.07. The van der Waals surface area contributed by atoms with E-state index in [1.165, 1.54) is 5.56 Å². The Labute approximate surface area is 128 Å². The number of rotatable bonds is 4. The monoisotopic (exact) mass is 305 g/mol. The van der Waals surface area contributed by atoms with Crippen LogP contribution in [0.3, 0.4) is 0 Å². The van der Waals surface area contributed by atoms with Crippen molar-refractivity contribution in [1.29, 1.82) is 0 Å². The first-order chi connectivity index (χ1) is 10.2. The lowest BCUT2D eigenvalue weighted by atomic mass is 9.95. The van der Waals surface area contributed by atoms with Crippen molar-refractivity contribution in [2.24, 2.45) is 7.05 Å². The molecular weight excluding hydrogens is 286 g/mol. The number of hydrogen-bond donors (Lipinski definition) is 0. The van der Waals surface area contributed by atoms with Gasteiger partial charge in [-0.05, 0) is 18.4 Å². The first-order valence-corrected chi connectivity index (χ1v) is 8.05. The van der Waals surface area contributed by atoms with Crippen LogP contribution in [0.25, 0.3) is 0 Å². The van der Waals surface area contributed by atoms with Crippen molar-refractivity contribution in [2.45, 2.75) is 19.4 Å². The number of aromatic nitrogens is 2. The van der Waals surface area contributed by atoms with Crippen LogP contribution in [0, 0.1) is 0 Å². The fourth-order valence-electron chi connectivity index (χ4n) is 2.75. The summed E-state index contributed by atoms with van der Waals surface area (Å²) in [5.74, 6) is 0.277. The largest absolute Gasteiger partial charge is 0.381 e. The molecule has 1 atom stereocenters. The van der Waals surface area contributed by atoms with Gasteiger partial charge in [-0.2, -0.15) is 16.4 Å². The predicted molar refractivity (Wildman–Crippen MR) is 81.5 cm³/mol. The van der Waals surface area contributed by atoms with Gasteiger partial charge in [0.25, 0.3) is 5.91 Å². The molecule has 1 aliphatic rings. The summed E-state index contributed by atoms with van der Waals surface area (Å²) in [5.41, 5.74) is 2.95. The molecule has 112 valence electrons. The van der Waals surface area contributed by atoms with Gasteiger partial charge in [0.2, 0.25) is 0 Å². The first kappa shape index (κ1) is 14.3. The van der Waals surface area contributed by atoms with Gasteiger partial charge in [0, 0.05) is 43.3 Å². The van der Waals surface area contributed by atoms with Gasteiger partial charge in [0.05, 0.1) is 24.4 Å². The number of carbonyl (C=O) groups excluding carboxylic acids is 1. The summed E-state index contributed by atoms with van der Waals surface area (Å²) >= 11 is 1.54. The second kappa shape index (κ2) is 5.99. The van der Waals surface area contributed by atoms with Crippen LogP contribution < -0.4 is 0 Å². The fourth-order valence-corrected chi connectivity index (χ4v) is 3.38. The highest BCUT2D eigenvalue weighted by Crippen LogP contribution is 2.29. The minimum Gasteiger partial charge on any atom is -0.381 e. The first-order valence-electron chi connectivity index (χ1n) is 7.10. The molecule has 0 saturated carbocycles. The van der Waals surface area contributed by atoms with Crippen molar-refractivity contribution >= 4 is 17.2 Å². The van der Waals surface area contributed by atoms with Gasteiger partial charge in [0.15, 0.2) is 0 Å². The summed E-state index contributed by atoms with van der Waals surface area (Å²) in [4.78, 5) is 14.4. The Morgan fingerprint density at radius 3 is 3.14 bits per heavy atom. The van der Waals surface area contributed by atoms with E-state index in [9.17, 15) is 4.79 Å². The third kappa shape index (κ3) is 2.87. The maximum atomic E-state index is 12.6. The molecule has 0 radical (unpaired) electrons. The van der Waals surface area contributed by atoms with E-state index in [0.29, 0.717) is 26.3 Å². The predicted octanol–water partition coefficient (Wildman–Crippen LogP) is 2.26. The minimum absolute atomic E-state index is 0.0778. The number of hydrogen-bond acceptors (Lipinski definition) is 4. The molecule has 2 aromatic heterocycles. The Morgan fingerprint density at radius 1 is 1.57 bits per heavy atom. The van der Waals surface area contributed by atoms with E-state index < -0.39 is 0 Å². The van der Waals surface area contributed by atoms with Crippen molar-refractivity contribution in [3.8, 4) is 0 Å². The molecule has 1 aliphatic heterocycles. The van der Waals surface area contributed by atoms with Gasteiger partial charge in [0.1, 0.15) is 0 Å². The minimum atomic E-state index is 0.0778. The molecule has 0 aromatic carbocycles. The number of carbonyl (C=O) groups is 1. The van der Waals surface area contributed by atoms with Crippen LogP contribution >= 0.6 is 11.3 Å². The molecule has 1 amide bonds. The van der Waals surface area contributed by atoms with Crippen LogP contribution in [0.2, 0.25) is 0 Å².